The van der Waals surface area contributed by atoms with Gasteiger partial charge in [0.1, 0.15) is 5.60 Å². The Morgan fingerprint density at radius 2 is 1.04 bits per heavy atom. The predicted octanol–water partition coefficient (Wildman–Crippen LogP) is 6.21. The minimum atomic E-state index is -6.00. The van der Waals surface area contributed by atoms with Crippen LogP contribution in [0.3, 0.4) is 0 Å². The first-order valence-corrected chi connectivity index (χ1v) is 6.96. The second kappa shape index (κ2) is 13.7. The molecule has 18 heteroatoms. The third kappa shape index (κ3) is 136. The lowest BCUT2D eigenvalue weighted by atomic mass is 10.2. The van der Waals surface area contributed by atoms with Crippen LogP contribution in [0.15, 0.2) is 0 Å². The topological polar surface area (TPSA) is 38.3 Å². The molecular formula is C9H19B3F12NO2-3. The van der Waals surface area contributed by atoms with E-state index in [4.69, 9.17) is 4.74 Å². The van der Waals surface area contributed by atoms with E-state index in [0.717, 1.165) is 6.42 Å². The number of carbonyl (C=O) groups excluding carboxylic acids is 1. The molecule has 0 spiro atoms. The first-order chi connectivity index (χ1) is 11.3. The van der Waals surface area contributed by atoms with Crippen LogP contribution in [0.25, 0.3) is 0 Å². The van der Waals surface area contributed by atoms with Gasteiger partial charge in [-0.25, -0.2) is 4.79 Å². The summed E-state index contributed by atoms with van der Waals surface area (Å²) in [5, 5.41) is 2.72. The van der Waals surface area contributed by atoms with Crippen LogP contribution >= 0.6 is 0 Å². The second-order valence-corrected chi connectivity index (χ2v) is 5.44. The first-order valence-electron chi connectivity index (χ1n) is 6.96. The van der Waals surface area contributed by atoms with Gasteiger partial charge in [0.05, 0.1) is 0 Å². The summed E-state index contributed by atoms with van der Waals surface area (Å²) in [5.74, 6) is 0. The van der Waals surface area contributed by atoms with Crippen LogP contribution in [0, 0.1) is 0 Å². The Morgan fingerprint density at radius 3 is 1.19 bits per heavy atom. The molecule has 0 aliphatic rings. The number of alkyl carbamates (subject to hydrolysis) is 1. The third-order valence-corrected chi connectivity index (χ3v) is 1.38. The van der Waals surface area contributed by atoms with E-state index in [2.05, 4.69) is 5.32 Å². The molecule has 0 aromatic heterocycles. The van der Waals surface area contributed by atoms with Crippen molar-refractivity contribution in [1.82, 2.24) is 5.32 Å². The van der Waals surface area contributed by atoms with Crippen molar-refractivity contribution in [3.63, 3.8) is 0 Å². The van der Waals surface area contributed by atoms with Crippen molar-refractivity contribution in [1.29, 1.82) is 0 Å². The molecule has 0 aromatic carbocycles. The van der Waals surface area contributed by atoms with Gasteiger partial charge in [0, 0.05) is 6.04 Å². The minimum Gasteiger partial charge on any atom is -0.444 e. The van der Waals surface area contributed by atoms with Crippen LogP contribution in [0.2, 0.25) is 0 Å². The van der Waals surface area contributed by atoms with Crippen molar-refractivity contribution in [2.24, 2.45) is 0 Å². The zero-order valence-corrected chi connectivity index (χ0v) is 14.9. The number of ether oxygens (including phenoxy) is 1. The van der Waals surface area contributed by atoms with Crippen LogP contribution in [-0.2, 0) is 4.74 Å². The largest absolute Gasteiger partial charge is 0.673 e. The molecule has 1 unspecified atom stereocenters. The number of amides is 1. The van der Waals surface area contributed by atoms with Gasteiger partial charge in [0.25, 0.3) is 0 Å². The average Bonchev–Trinajstić information content (AvgIpc) is 2.18. The molecule has 0 saturated heterocycles. The third-order valence-electron chi connectivity index (χ3n) is 1.38. The lowest BCUT2D eigenvalue weighted by Crippen LogP contribution is -2.37. The molecule has 27 heavy (non-hydrogen) atoms. The van der Waals surface area contributed by atoms with E-state index in [1.165, 1.54) is 0 Å². The van der Waals surface area contributed by atoms with E-state index in [9.17, 15) is 56.6 Å². The van der Waals surface area contributed by atoms with Gasteiger partial charge in [0.2, 0.25) is 0 Å². The number of hydrogen-bond acceptors (Lipinski definition) is 2. The molecule has 0 saturated carbocycles. The number of halogens is 12. The van der Waals surface area contributed by atoms with Gasteiger partial charge >= 0.3 is 27.9 Å². The summed E-state index contributed by atoms with van der Waals surface area (Å²) >= 11 is 0. The van der Waals surface area contributed by atoms with Crippen LogP contribution in [-0.4, -0.2) is 39.5 Å². The van der Waals surface area contributed by atoms with Gasteiger partial charge in [-0.2, -0.15) is 0 Å². The second-order valence-electron chi connectivity index (χ2n) is 5.44. The summed E-state index contributed by atoms with van der Waals surface area (Å²) in [7, 11) is -18.0. The maximum Gasteiger partial charge on any atom is 0.673 e. The van der Waals surface area contributed by atoms with E-state index in [1.54, 1.807) is 0 Å². The zero-order valence-electron chi connectivity index (χ0n) is 14.9. The molecule has 0 aliphatic heterocycles. The molecule has 0 aliphatic carbocycles. The van der Waals surface area contributed by atoms with Gasteiger partial charge in [-0.1, -0.05) is 6.92 Å². The number of carbonyl (C=O) groups is 1. The lowest BCUT2D eigenvalue weighted by Gasteiger charge is -2.21. The Morgan fingerprint density at radius 1 is 0.815 bits per heavy atom. The van der Waals surface area contributed by atoms with Gasteiger partial charge in [-0.3, -0.25) is 0 Å². The summed E-state index contributed by atoms with van der Waals surface area (Å²) in [6, 6.07) is 0.180. The van der Waals surface area contributed by atoms with Crippen molar-refractivity contribution in [3.05, 3.63) is 0 Å². The Hall–Kier alpha value is -1.38. The minimum absolute atomic E-state index is 0.180. The van der Waals surface area contributed by atoms with Crippen molar-refractivity contribution >= 4 is 27.9 Å². The Balaban J connectivity index is -0.000000147. The SMILES string of the molecule is CCC(C)NC(=O)OC(C)(C)C.F[B-](F)(F)F.F[B-](F)(F)F.F[B-](F)(F)F. The molecular weight excluding hydrogens is 415 g/mol. The molecule has 1 atom stereocenters. The molecule has 0 aromatic rings. The summed E-state index contributed by atoms with van der Waals surface area (Å²) in [6.45, 7) is 9.52. The Bertz CT molecular complexity index is 334. The summed E-state index contributed by atoms with van der Waals surface area (Å²) in [6.07, 6.45) is 0.580. The number of hydrogen-bond donors (Lipinski definition) is 1. The van der Waals surface area contributed by atoms with Crippen molar-refractivity contribution in [2.75, 3.05) is 0 Å². The molecule has 0 rings (SSSR count). The highest BCUT2D eigenvalue weighted by Crippen LogP contribution is 2.08. The van der Waals surface area contributed by atoms with E-state index >= 15 is 0 Å². The fraction of sp³-hybridized carbons (Fsp3) is 0.889. The van der Waals surface area contributed by atoms with Crippen molar-refractivity contribution < 1.29 is 61.3 Å². The highest BCUT2D eigenvalue weighted by molar-refractivity contribution is 6.50. The van der Waals surface area contributed by atoms with E-state index < -0.39 is 27.4 Å². The van der Waals surface area contributed by atoms with Crippen LogP contribution < -0.4 is 5.32 Å². The summed E-state index contributed by atoms with van der Waals surface area (Å²) < 4.78 is 122. The molecule has 1 amide bonds. The quantitative estimate of drug-likeness (QED) is 0.415. The number of rotatable bonds is 2. The molecule has 1 N–H and O–H groups in total. The molecule has 3 nitrogen and oxygen atoms in total. The first kappa shape index (κ1) is 33.2. The maximum absolute atomic E-state index is 11.1. The fourth-order valence-electron chi connectivity index (χ4n) is 0.611. The number of nitrogens with one attached hydrogen (secondary N) is 1. The predicted molar refractivity (Wildman–Crippen MR) is 79.7 cm³/mol. The summed E-state index contributed by atoms with van der Waals surface area (Å²) in [5.41, 5.74) is -0.405. The normalized spacial score (nSPS) is 12.8. The van der Waals surface area contributed by atoms with E-state index in [0.29, 0.717) is 0 Å². The van der Waals surface area contributed by atoms with E-state index in [1.807, 2.05) is 34.6 Å². The Kier molecular flexibility index (Phi) is 16.9. The van der Waals surface area contributed by atoms with Crippen LogP contribution in [0.5, 0.6) is 0 Å². The molecule has 0 fully saturated rings. The maximum atomic E-state index is 11.1. The highest BCUT2D eigenvalue weighted by Gasteiger charge is 2.21. The van der Waals surface area contributed by atoms with Gasteiger partial charge in [-0.15, -0.1) is 0 Å². The van der Waals surface area contributed by atoms with E-state index in [-0.39, 0.29) is 12.1 Å². The molecule has 0 bridgehead atoms. The van der Waals surface area contributed by atoms with Crippen LogP contribution in [0.1, 0.15) is 41.0 Å². The standard InChI is InChI=1S/C9H19NO2.3BF4/c1-6-7(2)10-8(11)12-9(3,4)5;3*2-1(3,4)5/h7H,6H2,1-5H3,(H,10,11);;;/q;3*-1. The summed E-state index contributed by atoms with van der Waals surface area (Å²) in [4.78, 5) is 11.1. The fourth-order valence-corrected chi connectivity index (χ4v) is 0.611. The Labute approximate surface area is 148 Å². The van der Waals surface area contributed by atoms with Crippen molar-refractivity contribution in [2.45, 2.75) is 52.7 Å². The monoisotopic (exact) mass is 434 g/mol. The van der Waals surface area contributed by atoms with Gasteiger partial charge < -0.3 is 61.8 Å². The zero-order chi connectivity index (χ0) is 23.3. The molecule has 0 heterocycles. The van der Waals surface area contributed by atoms with Crippen molar-refractivity contribution in [3.8, 4) is 0 Å². The average molecular weight is 434 g/mol. The molecule has 0 radical (unpaired) electrons. The molecule has 168 valence electrons. The van der Waals surface area contributed by atoms with Gasteiger partial charge in [-0.05, 0) is 34.1 Å². The highest BCUT2D eigenvalue weighted by atomic mass is 19.5. The van der Waals surface area contributed by atoms with Crippen LogP contribution in [0.4, 0.5) is 56.6 Å². The smallest absolute Gasteiger partial charge is 0.444 e. The van der Waals surface area contributed by atoms with Gasteiger partial charge in [0.15, 0.2) is 0 Å². The lowest BCUT2D eigenvalue weighted by molar-refractivity contribution is 0.0507.